The second kappa shape index (κ2) is 9.47. The Labute approximate surface area is 149 Å². The first-order valence-corrected chi connectivity index (χ1v) is 10.5. The van der Waals surface area contributed by atoms with Crippen LogP contribution in [0.3, 0.4) is 0 Å². The van der Waals surface area contributed by atoms with Crippen molar-refractivity contribution in [3.8, 4) is 0 Å². The third-order valence-corrected chi connectivity index (χ3v) is 6.39. The molecule has 1 saturated heterocycles. The van der Waals surface area contributed by atoms with Crippen LogP contribution in [0.4, 0.5) is 0 Å². The van der Waals surface area contributed by atoms with Gasteiger partial charge in [0, 0.05) is 36.2 Å². The Morgan fingerprint density at radius 2 is 2.17 bits per heavy atom. The van der Waals surface area contributed by atoms with Gasteiger partial charge < -0.3 is 10.6 Å². The third-order valence-electron chi connectivity index (χ3n) is 5.01. The average molecular weight is 351 g/mol. The molecule has 1 aliphatic carbocycles. The van der Waals surface area contributed by atoms with Crippen LogP contribution < -0.4 is 10.6 Å². The van der Waals surface area contributed by atoms with Crippen LogP contribution in [0, 0.1) is 0 Å². The van der Waals surface area contributed by atoms with Crippen LogP contribution >= 0.6 is 11.8 Å². The van der Waals surface area contributed by atoms with E-state index in [9.17, 15) is 4.79 Å². The number of aromatic nitrogens is 2. The van der Waals surface area contributed by atoms with E-state index in [4.69, 9.17) is 0 Å². The third kappa shape index (κ3) is 5.52. The predicted molar refractivity (Wildman–Crippen MR) is 99.4 cm³/mol. The molecule has 2 aliphatic rings. The molecule has 1 unspecified atom stereocenters. The summed E-state index contributed by atoms with van der Waals surface area (Å²) in [5.41, 5.74) is 1.11. The number of hydrogen-bond acceptors (Lipinski definition) is 4. The lowest BCUT2D eigenvalue weighted by Crippen LogP contribution is -2.30. The van der Waals surface area contributed by atoms with Crippen LogP contribution in [-0.2, 0) is 11.3 Å². The van der Waals surface area contributed by atoms with Crippen LogP contribution in [-0.4, -0.2) is 46.3 Å². The van der Waals surface area contributed by atoms with Crippen molar-refractivity contribution in [3.05, 3.63) is 18.0 Å². The Morgan fingerprint density at radius 1 is 1.29 bits per heavy atom. The maximum absolute atomic E-state index is 12.1. The molecular formula is C18H30N4OS. The summed E-state index contributed by atoms with van der Waals surface area (Å²) in [5.74, 6) is 1.58. The highest BCUT2D eigenvalue weighted by Gasteiger charge is 2.18. The smallest absolute Gasteiger partial charge is 0.241 e. The summed E-state index contributed by atoms with van der Waals surface area (Å²) in [6.45, 7) is 3.20. The zero-order valence-electron chi connectivity index (χ0n) is 14.5. The summed E-state index contributed by atoms with van der Waals surface area (Å²) < 4.78 is 1.77. The molecule has 0 aromatic carbocycles. The van der Waals surface area contributed by atoms with Crippen LogP contribution in [0.1, 0.15) is 56.6 Å². The summed E-state index contributed by atoms with van der Waals surface area (Å²) in [6.07, 6.45) is 11.2. The molecule has 0 radical (unpaired) electrons. The lowest BCUT2D eigenvalue weighted by Gasteiger charge is -2.21. The number of carbonyl (C=O) groups excluding carboxylic acids is 1. The molecule has 6 heteroatoms. The first-order valence-electron chi connectivity index (χ1n) is 9.43. The summed E-state index contributed by atoms with van der Waals surface area (Å²) in [4.78, 5) is 12.1. The molecule has 5 nitrogen and oxygen atoms in total. The van der Waals surface area contributed by atoms with Crippen molar-refractivity contribution in [2.45, 2.75) is 62.7 Å². The molecule has 1 atom stereocenters. The molecule has 1 saturated carbocycles. The maximum Gasteiger partial charge on any atom is 0.241 e. The Kier molecular flexibility index (Phi) is 7.02. The molecule has 3 rings (SSSR count). The van der Waals surface area contributed by atoms with E-state index in [-0.39, 0.29) is 5.91 Å². The van der Waals surface area contributed by atoms with Crippen molar-refractivity contribution in [1.29, 1.82) is 0 Å². The Balaban J connectivity index is 1.33. The number of rotatable bonds is 7. The largest absolute Gasteiger partial charge is 0.354 e. The van der Waals surface area contributed by atoms with Crippen molar-refractivity contribution < 1.29 is 4.79 Å². The minimum absolute atomic E-state index is 0.0654. The molecule has 1 aromatic rings. The van der Waals surface area contributed by atoms with E-state index in [0.717, 1.165) is 36.3 Å². The lowest BCUT2D eigenvalue weighted by molar-refractivity contribution is -0.121. The second-order valence-electron chi connectivity index (χ2n) is 6.96. The Bertz CT molecular complexity index is 507. The van der Waals surface area contributed by atoms with Gasteiger partial charge in [-0.25, -0.2) is 0 Å². The molecule has 134 valence electrons. The van der Waals surface area contributed by atoms with Crippen LogP contribution in [0.2, 0.25) is 0 Å². The molecule has 1 aliphatic heterocycles. The van der Waals surface area contributed by atoms with E-state index in [2.05, 4.69) is 21.8 Å². The fraction of sp³-hybridized carbons (Fsp3) is 0.778. The van der Waals surface area contributed by atoms with Gasteiger partial charge in [0.2, 0.25) is 5.91 Å². The van der Waals surface area contributed by atoms with Gasteiger partial charge in [-0.3, -0.25) is 9.48 Å². The number of piperidine rings is 1. The standard InChI is InChI=1S/C18H30N4OS/c23-18(20-10-12-24-16-6-2-1-3-7-16)14-22-11-8-17(21-22)15-5-4-9-19-13-15/h8,11,15-16,19H,1-7,9-10,12-14H2,(H,20,23). The highest BCUT2D eigenvalue weighted by Crippen LogP contribution is 2.27. The molecule has 2 heterocycles. The van der Waals surface area contributed by atoms with E-state index in [0.29, 0.717) is 12.5 Å². The molecule has 24 heavy (non-hydrogen) atoms. The topological polar surface area (TPSA) is 59.0 Å². The SMILES string of the molecule is O=C(Cn1ccc(C2CCCNC2)n1)NCCSC1CCCCC1. The van der Waals surface area contributed by atoms with Gasteiger partial charge in [-0.05, 0) is 38.3 Å². The first kappa shape index (κ1) is 17.8. The Hall–Kier alpha value is -1.01. The first-order chi connectivity index (χ1) is 11.8. The molecule has 0 spiro atoms. The summed E-state index contributed by atoms with van der Waals surface area (Å²) in [5, 5.41) is 11.8. The highest BCUT2D eigenvalue weighted by atomic mass is 32.2. The number of nitrogens with zero attached hydrogens (tertiary/aromatic N) is 2. The van der Waals surface area contributed by atoms with Gasteiger partial charge in [0.25, 0.3) is 0 Å². The van der Waals surface area contributed by atoms with Gasteiger partial charge in [0.1, 0.15) is 6.54 Å². The van der Waals surface area contributed by atoms with Crippen molar-refractivity contribution in [2.24, 2.45) is 0 Å². The fourth-order valence-electron chi connectivity index (χ4n) is 3.64. The summed E-state index contributed by atoms with van der Waals surface area (Å²) in [6, 6.07) is 2.06. The summed E-state index contributed by atoms with van der Waals surface area (Å²) in [7, 11) is 0. The molecule has 2 N–H and O–H groups in total. The monoisotopic (exact) mass is 350 g/mol. The second-order valence-corrected chi connectivity index (χ2v) is 8.37. The van der Waals surface area contributed by atoms with E-state index in [1.54, 1.807) is 4.68 Å². The van der Waals surface area contributed by atoms with Gasteiger partial charge >= 0.3 is 0 Å². The van der Waals surface area contributed by atoms with Gasteiger partial charge in [0.05, 0.1) is 5.69 Å². The number of hydrogen-bond donors (Lipinski definition) is 2. The minimum atomic E-state index is 0.0654. The van der Waals surface area contributed by atoms with Gasteiger partial charge in [0.15, 0.2) is 0 Å². The Morgan fingerprint density at radius 3 is 2.96 bits per heavy atom. The van der Waals surface area contributed by atoms with Crippen LogP contribution in [0.25, 0.3) is 0 Å². The lowest BCUT2D eigenvalue weighted by atomic mass is 9.97. The van der Waals surface area contributed by atoms with Gasteiger partial charge in [-0.2, -0.15) is 16.9 Å². The van der Waals surface area contributed by atoms with Crippen molar-refractivity contribution in [3.63, 3.8) is 0 Å². The number of amides is 1. The summed E-state index contributed by atoms with van der Waals surface area (Å²) >= 11 is 2.02. The minimum Gasteiger partial charge on any atom is -0.354 e. The van der Waals surface area contributed by atoms with Crippen molar-refractivity contribution in [2.75, 3.05) is 25.4 Å². The number of thioether (sulfide) groups is 1. The molecule has 0 bridgehead atoms. The van der Waals surface area contributed by atoms with Gasteiger partial charge in [-0.1, -0.05) is 19.3 Å². The van der Waals surface area contributed by atoms with E-state index in [1.165, 1.54) is 44.9 Å². The van der Waals surface area contributed by atoms with Crippen molar-refractivity contribution in [1.82, 2.24) is 20.4 Å². The van der Waals surface area contributed by atoms with E-state index < -0.39 is 0 Å². The van der Waals surface area contributed by atoms with E-state index in [1.807, 2.05) is 18.0 Å². The number of nitrogens with one attached hydrogen (secondary N) is 2. The van der Waals surface area contributed by atoms with Crippen molar-refractivity contribution >= 4 is 17.7 Å². The van der Waals surface area contributed by atoms with Crippen LogP contribution in [0.5, 0.6) is 0 Å². The predicted octanol–water partition coefficient (Wildman–Crippen LogP) is 2.53. The quantitative estimate of drug-likeness (QED) is 0.742. The molecule has 1 aromatic heterocycles. The molecule has 2 fully saturated rings. The molecule has 1 amide bonds. The average Bonchev–Trinajstić information content (AvgIpc) is 3.09. The highest BCUT2D eigenvalue weighted by molar-refractivity contribution is 7.99. The zero-order valence-corrected chi connectivity index (χ0v) is 15.3. The maximum atomic E-state index is 12.1. The van der Waals surface area contributed by atoms with Gasteiger partial charge in [-0.15, -0.1) is 0 Å². The van der Waals surface area contributed by atoms with Crippen LogP contribution in [0.15, 0.2) is 12.3 Å². The molecular weight excluding hydrogens is 320 g/mol. The zero-order chi connectivity index (χ0) is 16.6. The fourth-order valence-corrected chi connectivity index (χ4v) is 4.86. The normalized spacial score (nSPS) is 22.4. The number of carbonyl (C=O) groups is 1. The van der Waals surface area contributed by atoms with E-state index >= 15 is 0 Å².